The van der Waals surface area contributed by atoms with Crippen molar-refractivity contribution in [1.29, 1.82) is 0 Å². The summed E-state index contributed by atoms with van der Waals surface area (Å²) in [5, 5.41) is 15.5. The Bertz CT molecular complexity index is 579. The fourth-order valence-corrected chi connectivity index (χ4v) is 3.92. The number of aliphatic hydroxyl groups excluding tert-OH is 1. The number of hydrogen-bond acceptors (Lipinski definition) is 7. The minimum Gasteiger partial charge on any atom is -0.383 e. The van der Waals surface area contributed by atoms with E-state index in [4.69, 9.17) is 9.05 Å². The number of amides is 2. The summed E-state index contributed by atoms with van der Waals surface area (Å²) >= 11 is 1.74. The lowest BCUT2D eigenvalue weighted by atomic mass is 9.87. The summed E-state index contributed by atoms with van der Waals surface area (Å²) < 4.78 is 21.6. The highest BCUT2D eigenvalue weighted by molar-refractivity contribution is 8.00. The first-order valence-corrected chi connectivity index (χ1v) is 12.1. The van der Waals surface area contributed by atoms with Crippen LogP contribution in [0.15, 0.2) is 0 Å². The zero-order valence-electron chi connectivity index (χ0n) is 18.5. The third-order valence-corrected chi connectivity index (χ3v) is 5.96. The number of phosphoric acid groups is 1. The molecule has 0 heterocycles. The molecule has 0 aliphatic heterocycles. The standard InChI is InChI=1S/C18H37N2O7PS/c1-13(2)27-28(24,25)26-12-18(6,7)15(22)16(23)20-9-8-14(21)19-10-11-29-17(3,4)5/h13,15,22H,8-12H2,1-7H3,(H,19,21)(H,20,23)(H,24,25). The average Bonchev–Trinajstić information content (AvgIpc) is 2.54. The molecule has 2 amide bonds. The Kier molecular flexibility index (Phi) is 12.0. The summed E-state index contributed by atoms with van der Waals surface area (Å²) in [5.74, 6) is -0.0832. The second-order valence-electron chi connectivity index (χ2n) is 8.64. The minimum atomic E-state index is -4.27. The maximum atomic E-state index is 12.1. The molecular weight excluding hydrogens is 419 g/mol. The van der Waals surface area contributed by atoms with Crippen LogP contribution in [0.5, 0.6) is 0 Å². The Labute approximate surface area is 178 Å². The van der Waals surface area contributed by atoms with E-state index in [0.29, 0.717) is 6.54 Å². The van der Waals surface area contributed by atoms with Crippen LogP contribution in [0.1, 0.15) is 54.9 Å². The Morgan fingerprint density at radius 1 is 1.10 bits per heavy atom. The van der Waals surface area contributed by atoms with Crippen molar-refractivity contribution >= 4 is 31.4 Å². The van der Waals surface area contributed by atoms with Crippen LogP contribution in [-0.2, 0) is 23.2 Å². The average molecular weight is 457 g/mol. The van der Waals surface area contributed by atoms with E-state index < -0.39 is 31.4 Å². The third-order valence-electron chi connectivity index (χ3n) is 3.54. The van der Waals surface area contributed by atoms with Crippen LogP contribution in [0.3, 0.4) is 0 Å². The number of nitrogens with one attached hydrogen (secondary N) is 2. The molecule has 0 fully saturated rings. The summed E-state index contributed by atoms with van der Waals surface area (Å²) in [5.41, 5.74) is -1.14. The van der Waals surface area contributed by atoms with Crippen molar-refractivity contribution in [3.63, 3.8) is 0 Å². The maximum Gasteiger partial charge on any atom is 0.472 e. The summed E-state index contributed by atoms with van der Waals surface area (Å²) in [6, 6.07) is 0. The molecule has 0 spiro atoms. The fourth-order valence-electron chi connectivity index (χ4n) is 2.01. The van der Waals surface area contributed by atoms with E-state index in [9.17, 15) is 24.2 Å². The smallest absolute Gasteiger partial charge is 0.383 e. The van der Waals surface area contributed by atoms with E-state index in [1.54, 1.807) is 25.6 Å². The molecule has 172 valence electrons. The fraction of sp³-hybridized carbons (Fsp3) is 0.889. The number of rotatable bonds is 13. The van der Waals surface area contributed by atoms with E-state index in [1.807, 2.05) is 0 Å². The predicted molar refractivity (Wildman–Crippen MR) is 115 cm³/mol. The summed E-state index contributed by atoms with van der Waals surface area (Å²) in [4.78, 5) is 33.5. The molecule has 2 unspecified atom stereocenters. The van der Waals surface area contributed by atoms with Gasteiger partial charge in [0.15, 0.2) is 0 Å². The number of hydrogen-bond donors (Lipinski definition) is 4. The Morgan fingerprint density at radius 3 is 2.21 bits per heavy atom. The molecule has 0 bridgehead atoms. The normalized spacial score (nSPS) is 15.7. The van der Waals surface area contributed by atoms with Crippen LogP contribution in [0.4, 0.5) is 0 Å². The van der Waals surface area contributed by atoms with E-state index in [1.165, 1.54) is 13.8 Å². The molecule has 29 heavy (non-hydrogen) atoms. The van der Waals surface area contributed by atoms with Gasteiger partial charge >= 0.3 is 7.82 Å². The topological polar surface area (TPSA) is 134 Å². The molecule has 0 aliphatic carbocycles. The lowest BCUT2D eigenvalue weighted by Gasteiger charge is -2.30. The molecule has 0 radical (unpaired) electrons. The van der Waals surface area contributed by atoms with Crippen LogP contribution in [0.25, 0.3) is 0 Å². The zero-order chi connectivity index (χ0) is 22.9. The van der Waals surface area contributed by atoms with E-state index in [2.05, 4.69) is 31.4 Å². The number of aliphatic hydroxyl groups is 1. The maximum absolute atomic E-state index is 12.1. The first-order valence-electron chi connectivity index (χ1n) is 9.58. The van der Waals surface area contributed by atoms with Gasteiger partial charge in [0.2, 0.25) is 11.8 Å². The molecule has 11 heteroatoms. The summed E-state index contributed by atoms with van der Waals surface area (Å²) in [6.07, 6.45) is -1.92. The minimum absolute atomic E-state index is 0.0695. The molecule has 2 atom stereocenters. The van der Waals surface area contributed by atoms with E-state index in [0.717, 1.165) is 5.75 Å². The van der Waals surface area contributed by atoms with E-state index in [-0.39, 0.29) is 30.2 Å². The molecule has 9 nitrogen and oxygen atoms in total. The molecule has 0 aromatic carbocycles. The SMILES string of the molecule is CC(C)OP(=O)(O)OCC(C)(C)C(O)C(=O)NCCC(=O)NCCSC(C)(C)C. The van der Waals surface area contributed by atoms with E-state index >= 15 is 0 Å². The van der Waals surface area contributed by atoms with Crippen molar-refractivity contribution < 1.29 is 33.2 Å². The number of phosphoric ester groups is 1. The summed E-state index contributed by atoms with van der Waals surface area (Å²) in [6.45, 7) is 12.8. The Hall–Kier alpha value is -0.640. The van der Waals surface area contributed by atoms with Crippen LogP contribution in [0.2, 0.25) is 0 Å². The molecule has 4 N–H and O–H groups in total. The number of carbonyl (C=O) groups is 2. The van der Waals surface area contributed by atoms with Crippen molar-refractivity contribution in [3.05, 3.63) is 0 Å². The highest BCUT2D eigenvalue weighted by Gasteiger charge is 2.37. The Balaban J connectivity index is 4.28. The van der Waals surface area contributed by atoms with Crippen molar-refractivity contribution in [2.24, 2.45) is 5.41 Å². The van der Waals surface area contributed by atoms with Crippen molar-refractivity contribution in [2.75, 3.05) is 25.4 Å². The number of carbonyl (C=O) groups excluding carboxylic acids is 2. The van der Waals surface area contributed by atoms with Gasteiger partial charge in [-0.05, 0) is 13.8 Å². The Morgan fingerprint density at radius 2 is 1.69 bits per heavy atom. The largest absolute Gasteiger partial charge is 0.472 e. The zero-order valence-corrected chi connectivity index (χ0v) is 20.2. The van der Waals surface area contributed by atoms with Crippen LogP contribution >= 0.6 is 19.6 Å². The molecule has 0 saturated carbocycles. The number of thioether (sulfide) groups is 1. The monoisotopic (exact) mass is 456 g/mol. The van der Waals surface area contributed by atoms with Gasteiger partial charge in [-0.2, -0.15) is 11.8 Å². The second kappa shape index (κ2) is 12.3. The second-order valence-corrected chi connectivity index (χ2v) is 12.0. The molecule has 0 aromatic heterocycles. The van der Waals surface area contributed by atoms with Gasteiger partial charge in [0.1, 0.15) is 6.10 Å². The molecular formula is C18H37N2O7PS. The van der Waals surface area contributed by atoms with Gasteiger partial charge < -0.3 is 20.6 Å². The quantitative estimate of drug-likeness (QED) is 0.244. The van der Waals surface area contributed by atoms with Crippen LogP contribution in [-0.4, -0.2) is 64.2 Å². The summed E-state index contributed by atoms with van der Waals surface area (Å²) in [7, 11) is -4.27. The highest BCUT2D eigenvalue weighted by atomic mass is 32.2. The van der Waals surface area contributed by atoms with Gasteiger partial charge in [0, 0.05) is 35.4 Å². The molecule has 0 aliphatic rings. The highest BCUT2D eigenvalue weighted by Crippen LogP contribution is 2.46. The van der Waals surface area contributed by atoms with Crippen LogP contribution in [0, 0.1) is 5.41 Å². The van der Waals surface area contributed by atoms with Crippen LogP contribution < -0.4 is 10.6 Å². The molecule has 0 rings (SSSR count). The van der Waals surface area contributed by atoms with Gasteiger partial charge in [-0.3, -0.25) is 18.6 Å². The van der Waals surface area contributed by atoms with Gasteiger partial charge in [0.25, 0.3) is 0 Å². The van der Waals surface area contributed by atoms with Gasteiger partial charge in [-0.1, -0.05) is 34.6 Å². The van der Waals surface area contributed by atoms with Crippen molar-refractivity contribution in [3.8, 4) is 0 Å². The molecule has 0 saturated heterocycles. The van der Waals surface area contributed by atoms with Gasteiger partial charge in [-0.25, -0.2) is 4.57 Å². The van der Waals surface area contributed by atoms with Gasteiger partial charge in [0.05, 0.1) is 12.7 Å². The first-order chi connectivity index (χ1) is 13.1. The first kappa shape index (κ1) is 28.4. The predicted octanol–water partition coefficient (Wildman–Crippen LogP) is 2.07. The lowest BCUT2D eigenvalue weighted by Crippen LogP contribution is -2.46. The van der Waals surface area contributed by atoms with Crippen molar-refractivity contribution in [1.82, 2.24) is 10.6 Å². The van der Waals surface area contributed by atoms with Gasteiger partial charge in [-0.15, -0.1) is 0 Å². The third kappa shape index (κ3) is 14.1. The molecule has 0 aromatic rings. The van der Waals surface area contributed by atoms with Crippen molar-refractivity contribution in [2.45, 2.75) is 71.8 Å². The lowest BCUT2D eigenvalue weighted by molar-refractivity contribution is -0.137.